The van der Waals surface area contributed by atoms with Crippen molar-refractivity contribution in [3.63, 3.8) is 0 Å². The molecule has 5 rings (SSSR count). The van der Waals surface area contributed by atoms with Crippen molar-refractivity contribution in [2.75, 3.05) is 26.2 Å². The van der Waals surface area contributed by atoms with Crippen molar-refractivity contribution in [3.05, 3.63) is 23.0 Å². The van der Waals surface area contributed by atoms with Crippen LogP contribution in [0.5, 0.6) is 0 Å². The van der Waals surface area contributed by atoms with Crippen LogP contribution in [-0.2, 0) is 0 Å². The van der Waals surface area contributed by atoms with Gasteiger partial charge >= 0.3 is 0 Å². The number of nitrogens with zero attached hydrogens (tertiary/aromatic N) is 4. The molecular formula is C19H24N4O2. The lowest BCUT2D eigenvalue weighted by molar-refractivity contribution is 0.0781. The third-order valence-electron chi connectivity index (χ3n) is 5.97. The molecule has 0 spiro atoms. The monoisotopic (exact) mass is 340 g/mol. The normalized spacial score (nSPS) is 24.5. The zero-order valence-electron chi connectivity index (χ0n) is 14.7. The summed E-state index contributed by atoms with van der Waals surface area (Å²) in [6.07, 6.45) is 5.97. The smallest absolute Gasteiger partial charge is 0.259 e. The SMILES string of the molecule is Cc1noc2nc(C3CC3)cc(C(=O)N3CC[C@@H](N4CCCC4)C3)c12. The zero-order chi connectivity index (χ0) is 17.0. The Balaban J connectivity index is 1.45. The van der Waals surface area contributed by atoms with Gasteiger partial charge in [-0.05, 0) is 58.2 Å². The zero-order valence-corrected chi connectivity index (χ0v) is 14.7. The Kier molecular flexibility index (Phi) is 3.55. The second-order valence-electron chi connectivity index (χ2n) is 7.75. The van der Waals surface area contributed by atoms with Crippen LogP contribution in [0.2, 0.25) is 0 Å². The highest BCUT2D eigenvalue weighted by Gasteiger charge is 2.34. The van der Waals surface area contributed by atoms with Crippen LogP contribution in [0.25, 0.3) is 11.1 Å². The van der Waals surface area contributed by atoms with Gasteiger partial charge in [0.25, 0.3) is 11.6 Å². The minimum atomic E-state index is 0.113. The number of aryl methyl sites for hydroxylation is 1. The standard InChI is InChI=1S/C19H24N4O2/c1-12-17-15(10-16(13-4-5-13)20-18(17)25-21-12)19(24)23-9-6-14(11-23)22-7-2-3-8-22/h10,13-14H,2-9,11H2,1H3/t14-/m1/s1. The van der Waals surface area contributed by atoms with Crippen LogP contribution in [0.3, 0.4) is 0 Å². The Morgan fingerprint density at radius 1 is 1.20 bits per heavy atom. The lowest BCUT2D eigenvalue weighted by Gasteiger charge is -2.23. The fraction of sp³-hybridized carbons (Fsp3) is 0.632. The third kappa shape index (κ3) is 2.63. The molecule has 3 aliphatic rings. The molecule has 0 aromatic carbocycles. The summed E-state index contributed by atoms with van der Waals surface area (Å²) in [4.78, 5) is 22.4. The predicted molar refractivity (Wildman–Crippen MR) is 93.6 cm³/mol. The van der Waals surface area contributed by atoms with E-state index in [1.54, 1.807) is 0 Å². The molecular weight excluding hydrogens is 316 g/mol. The van der Waals surface area contributed by atoms with Gasteiger partial charge in [0.05, 0.1) is 16.6 Å². The van der Waals surface area contributed by atoms with E-state index in [4.69, 9.17) is 4.52 Å². The van der Waals surface area contributed by atoms with Crippen molar-refractivity contribution < 1.29 is 9.32 Å². The minimum Gasteiger partial charge on any atom is -0.337 e. The number of likely N-dealkylation sites (tertiary alicyclic amines) is 2. The summed E-state index contributed by atoms with van der Waals surface area (Å²) >= 11 is 0. The van der Waals surface area contributed by atoms with Crippen LogP contribution in [0.4, 0.5) is 0 Å². The highest BCUT2D eigenvalue weighted by Crippen LogP contribution is 2.40. The molecule has 25 heavy (non-hydrogen) atoms. The van der Waals surface area contributed by atoms with E-state index >= 15 is 0 Å². The number of fused-ring (bicyclic) bond motifs is 1. The summed E-state index contributed by atoms with van der Waals surface area (Å²) < 4.78 is 5.38. The average molecular weight is 340 g/mol. The van der Waals surface area contributed by atoms with Crippen molar-refractivity contribution in [1.29, 1.82) is 0 Å². The Labute approximate surface area is 147 Å². The molecule has 2 aliphatic heterocycles. The minimum absolute atomic E-state index is 0.113. The summed E-state index contributed by atoms with van der Waals surface area (Å²) in [6, 6.07) is 2.52. The third-order valence-corrected chi connectivity index (χ3v) is 5.97. The summed E-state index contributed by atoms with van der Waals surface area (Å²) in [5, 5.41) is 4.84. The van der Waals surface area contributed by atoms with Gasteiger partial charge in [0.15, 0.2) is 0 Å². The van der Waals surface area contributed by atoms with Crippen LogP contribution in [0, 0.1) is 6.92 Å². The maximum Gasteiger partial charge on any atom is 0.259 e. The summed E-state index contributed by atoms with van der Waals surface area (Å²) in [5.41, 5.74) is 2.99. The summed E-state index contributed by atoms with van der Waals surface area (Å²) in [7, 11) is 0. The molecule has 1 aliphatic carbocycles. The van der Waals surface area contributed by atoms with Gasteiger partial charge in [-0.2, -0.15) is 0 Å². The molecule has 132 valence electrons. The van der Waals surface area contributed by atoms with Gasteiger partial charge in [-0.25, -0.2) is 4.98 Å². The Bertz CT molecular complexity index is 820. The largest absolute Gasteiger partial charge is 0.337 e. The number of hydrogen-bond acceptors (Lipinski definition) is 5. The van der Waals surface area contributed by atoms with E-state index in [0.717, 1.165) is 54.7 Å². The number of rotatable bonds is 3. The molecule has 2 saturated heterocycles. The summed E-state index contributed by atoms with van der Waals surface area (Å²) in [5.74, 6) is 0.597. The van der Waals surface area contributed by atoms with E-state index in [1.165, 1.54) is 25.9 Å². The van der Waals surface area contributed by atoms with Crippen LogP contribution in [0.1, 0.15) is 59.8 Å². The van der Waals surface area contributed by atoms with Crippen molar-refractivity contribution in [1.82, 2.24) is 19.9 Å². The lowest BCUT2D eigenvalue weighted by Crippen LogP contribution is -2.37. The molecule has 4 heterocycles. The Morgan fingerprint density at radius 3 is 2.76 bits per heavy atom. The van der Waals surface area contributed by atoms with Gasteiger partial charge in [-0.15, -0.1) is 0 Å². The van der Waals surface area contributed by atoms with E-state index in [-0.39, 0.29) is 5.91 Å². The molecule has 1 atom stereocenters. The van der Waals surface area contributed by atoms with Gasteiger partial charge < -0.3 is 9.42 Å². The first-order valence-electron chi connectivity index (χ1n) is 9.51. The van der Waals surface area contributed by atoms with Crippen LogP contribution in [-0.4, -0.2) is 58.1 Å². The average Bonchev–Trinajstić information content (AvgIpc) is 3.03. The number of amides is 1. The molecule has 1 amide bonds. The maximum absolute atomic E-state index is 13.3. The van der Waals surface area contributed by atoms with Crippen molar-refractivity contribution >= 4 is 17.0 Å². The second-order valence-corrected chi connectivity index (χ2v) is 7.75. The Hall–Kier alpha value is -1.95. The number of aromatic nitrogens is 2. The van der Waals surface area contributed by atoms with Crippen molar-refractivity contribution in [2.45, 2.75) is 51.0 Å². The first-order valence-corrected chi connectivity index (χ1v) is 9.51. The fourth-order valence-corrected chi connectivity index (χ4v) is 4.37. The molecule has 6 nitrogen and oxygen atoms in total. The molecule has 0 N–H and O–H groups in total. The van der Waals surface area contributed by atoms with Crippen molar-refractivity contribution in [2.24, 2.45) is 0 Å². The number of hydrogen-bond donors (Lipinski definition) is 0. The van der Waals surface area contributed by atoms with E-state index < -0.39 is 0 Å². The van der Waals surface area contributed by atoms with Gasteiger partial charge in [0.1, 0.15) is 0 Å². The van der Waals surface area contributed by atoms with Gasteiger partial charge in [0, 0.05) is 30.7 Å². The molecule has 3 fully saturated rings. The van der Waals surface area contributed by atoms with E-state index in [1.807, 2.05) is 17.9 Å². The van der Waals surface area contributed by atoms with Gasteiger partial charge in [-0.3, -0.25) is 9.69 Å². The molecule has 6 heteroatoms. The molecule has 0 unspecified atom stereocenters. The highest BCUT2D eigenvalue weighted by atomic mass is 16.5. The quantitative estimate of drug-likeness (QED) is 0.860. The molecule has 0 bridgehead atoms. The molecule has 0 radical (unpaired) electrons. The number of pyridine rings is 1. The van der Waals surface area contributed by atoms with Crippen molar-refractivity contribution in [3.8, 4) is 0 Å². The van der Waals surface area contributed by atoms with Gasteiger partial charge in [-0.1, -0.05) is 5.16 Å². The second kappa shape index (κ2) is 5.80. The number of carbonyl (C=O) groups is 1. The Morgan fingerprint density at radius 2 is 2.00 bits per heavy atom. The van der Waals surface area contributed by atoms with Crippen LogP contribution >= 0.6 is 0 Å². The van der Waals surface area contributed by atoms with E-state index in [2.05, 4.69) is 15.0 Å². The van der Waals surface area contributed by atoms with E-state index in [0.29, 0.717) is 17.7 Å². The van der Waals surface area contributed by atoms with Crippen LogP contribution in [0.15, 0.2) is 10.6 Å². The molecule has 2 aromatic heterocycles. The highest BCUT2D eigenvalue weighted by molar-refractivity contribution is 6.06. The predicted octanol–water partition coefficient (Wildman–Crippen LogP) is 2.72. The first kappa shape index (κ1) is 15.3. The number of carbonyl (C=O) groups excluding carboxylic acids is 1. The van der Waals surface area contributed by atoms with Crippen LogP contribution < -0.4 is 0 Å². The lowest BCUT2D eigenvalue weighted by atomic mass is 10.1. The first-order chi connectivity index (χ1) is 12.2. The van der Waals surface area contributed by atoms with Gasteiger partial charge in [0.2, 0.25) is 0 Å². The maximum atomic E-state index is 13.3. The fourth-order valence-electron chi connectivity index (χ4n) is 4.37. The van der Waals surface area contributed by atoms with E-state index in [9.17, 15) is 4.79 Å². The summed E-state index contributed by atoms with van der Waals surface area (Å²) in [6.45, 7) is 5.93. The molecule has 1 saturated carbocycles. The topological polar surface area (TPSA) is 62.5 Å². The molecule has 2 aromatic rings.